The Morgan fingerprint density at radius 1 is 1.24 bits per heavy atom. The Bertz CT molecular complexity index is 1480. The summed E-state index contributed by atoms with van der Waals surface area (Å²) in [5, 5.41) is 9.18. The van der Waals surface area contributed by atoms with Crippen LogP contribution in [0.3, 0.4) is 0 Å². The third-order valence-corrected chi connectivity index (χ3v) is 10.1. The van der Waals surface area contributed by atoms with Crippen LogP contribution in [0.2, 0.25) is 0 Å². The Morgan fingerprint density at radius 2 is 2.09 bits per heavy atom. The summed E-state index contributed by atoms with van der Waals surface area (Å²) in [7, 11) is 1.69. The van der Waals surface area contributed by atoms with Gasteiger partial charge in [0.2, 0.25) is 5.91 Å². The first kappa shape index (κ1) is 31.3. The number of likely N-dealkylation sites (tertiary alicyclic amines) is 1. The number of benzene rings is 1. The molecule has 4 aliphatic rings. The molecule has 240 valence electrons. The van der Waals surface area contributed by atoms with E-state index in [0.717, 1.165) is 31.5 Å². The van der Waals surface area contributed by atoms with E-state index in [-0.39, 0.29) is 43.5 Å². The van der Waals surface area contributed by atoms with Crippen molar-refractivity contribution < 1.29 is 37.0 Å². The number of nitrogens with zero attached hydrogens (tertiary/aromatic N) is 4. The summed E-state index contributed by atoms with van der Waals surface area (Å²) in [5.74, 6) is 0.317. The minimum absolute atomic E-state index is 0.00129. The van der Waals surface area contributed by atoms with Crippen LogP contribution in [0, 0.1) is 34.5 Å². The van der Waals surface area contributed by atoms with Gasteiger partial charge in [0.1, 0.15) is 6.61 Å². The summed E-state index contributed by atoms with van der Waals surface area (Å²) < 4.78 is 57.3. The molecule has 45 heavy (non-hydrogen) atoms. The molecule has 1 aliphatic carbocycles. The molecule has 0 spiro atoms. The largest absolute Gasteiger partial charge is 0.445 e. The number of rotatable bonds is 6. The molecule has 1 aromatic carbocycles. The molecule has 4 heterocycles. The third-order valence-electron chi connectivity index (χ3n) is 10.1. The molecule has 5 atom stereocenters. The van der Waals surface area contributed by atoms with Crippen LogP contribution in [-0.4, -0.2) is 72.8 Å². The van der Waals surface area contributed by atoms with Gasteiger partial charge in [0.15, 0.2) is 0 Å². The highest BCUT2D eigenvalue weighted by atomic mass is 19.4. The summed E-state index contributed by atoms with van der Waals surface area (Å²) in [4.78, 5) is 35.1. The number of hydrogen-bond acceptors (Lipinski definition) is 7. The highest BCUT2D eigenvalue weighted by Gasteiger charge is 2.60. The maximum atomic E-state index is 14.5. The lowest BCUT2D eigenvalue weighted by atomic mass is 9.78. The Labute approximate surface area is 260 Å². The summed E-state index contributed by atoms with van der Waals surface area (Å²) in [6, 6.07) is 10.0. The zero-order valence-electron chi connectivity index (χ0n) is 25.2. The van der Waals surface area contributed by atoms with Crippen molar-refractivity contribution >= 4 is 12.0 Å². The van der Waals surface area contributed by atoms with Gasteiger partial charge in [-0.25, -0.2) is 4.79 Å². The lowest BCUT2D eigenvalue weighted by molar-refractivity contribution is -0.144. The lowest BCUT2D eigenvalue weighted by Gasteiger charge is -2.37. The van der Waals surface area contributed by atoms with Crippen LogP contribution in [0.25, 0.3) is 0 Å². The van der Waals surface area contributed by atoms with E-state index in [0.29, 0.717) is 67.4 Å². The van der Waals surface area contributed by atoms with Gasteiger partial charge in [0.25, 0.3) is 0 Å². The zero-order chi connectivity index (χ0) is 31.8. The molecule has 2 aromatic rings. The van der Waals surface area contributed by atoms with Gasteiger partial charge in [-0.3, -0.25) is 9.78 Å². The van der Waals surface area contributed by atoms with Crippen molar-refractivity contribution in [1.29, 1.82) is 5.26 Å². The molecule has 0 radical (unpaired) electrons. The monoisotopic (exact) mass is 626 g/mol. The number of alkyl halides is 3. The van der Waals surface area contributed by atoms with Crippen LogP contribution < -0.4 is 0 Å². The van der Waals surface area contributed by atoms with E-state index in [9.17, 15) is 28.0 Å². The smallest absolute Gasteiger partial charge is 0.417 e. The van der Waals surface area contributed by atoms with Crippen LogP contribution in [0.1, 0.15) is 53.6 Å². The van der Waals surface area contributed by atoms with Crippen molar-refractivity contribution in [2.24, 2.45) is 23.2 Å². The van der Waals surface area contributed by atoms with E-state index in [1.54, 1.807) is 41.2 Å². The number of nitriles is 1. The van der Waals surface area contributed by atoms with Gasteiger partial charge in [-0.2, -0.15) is 18.4 Å². The van der Waals surface area contributed by atoms with Crippen molar-refractivity contribution in [3.63, 3.8) is 0 Å². The van der Waals surface area contributed by atoms with Crippen LogP contribution >= 0.6 is 0 Å². The van der Waals surface area contributed by atoms with Crippen molar-refractivity contribution in [3.8, 4) is 6.07 Å². The van der Waals surface area contributed by atoms with Crippen LogP contribution in [0.5, 0.6) is 0 Å². The van der Waals surface area contributed by atoms with E-state index in [4.69, 9.17) is 14.2 Å². The Hall–Kier alpha value is -3.69. The molecule has 2 saturated heterocycles. The molecule has 1 aromatic heterocycles. The van der Waals surface area contributed by atoms with Crippen molar-refractivity contribution in [3.05, 3.63) is 64.5 Å². The summed E-state index contributed by atoms with van der Waals surface area (Å²) in [6.07, 6.45) is -0.725. The maximum Gasteiger partial charge on any atom is 0.417 e. The second kappa shape index (κ2) is 12.6. The minimum Gasteiger partial charge on any atom is -0.445 e. The first-order chi connectivity index (χ1) is 21.6. The second-order valence-electron chi connectivity index (χ2n) is 12.8. The minimum atomic E-state index is -4.52. The number of fused-ring (bicyclic) bond motifs is 2. The van der Waals surface area contributed by atoms with Crippen molar-refractivity contribution in [1.82, 2.24) is 14.8 Å². The highest BCUT2D eigenvalue weighted by molar-refractivity contribution is 5.85. The molecule has 0 bridgehead atoms. The Morgan fingerprint density at radius 3 is 2.87 bits per heavy atom. The normalized spacial score (nSPS) is 27.9. The number of methoxy groups -OCH3 is 1. The Kier molecular flexibility index (Phi) is 8.76. The van der Waals surface area contributed by atoms with Gasteiger partial charge in [0, 0.05) is 58.2 Å². The van der Waals surface area contributed by atoms with Crippen molar-refractivity contribution in [2.45, 2.75) is 57.5 Å². The van der Waals surface area contributed by atoms with E-state index < -0.39 is 23.2 Å². The maximum absolute atomic E-state index is 14.5. The van der Waals surface area contributed by atoms with Gasteiger partial charge < -0.3 is 24.0 Å². The first-order valence-corrected chi connectivity index (χ1v) is 15.4. The number of pyridine rings is 1. The fourth-order valence-electron chi connectivity index (χ4n) is 7.91. The molecule has 3 aliphatic heterocycles. The van der Waals surface area contributed by atoms with Gasteiger partial charge in [-0.15, -0.1) is 0 Å². The predicted molar refractivity (Wildman–Crippen MR) is 154 cm³/mol. The predicted octanol–water partition coefficient (Wildman–Crippen LogP) is 4.96. The molecular formula is C33H37F3N4O5. The highest BCUT2D eigenvalue weighted by Crippen LogP contribution is 2.54. The van der Waals surface area contributed by atoms with Gasteiger partial charge in [-0.05, 0) is 72.8 Å². The molecule has 6 rings (SSSR count). The average molecular weight is 627 g/mol. The fourth-order valence-corrected chi connectivity index (χ4v) is 7.91. The fraction of sp³-hybridized carbons (Fsp3) is 0.576. The first-order valence-electron chi connectivity index (χ1n) is 15.4. The number of halogens is 3. The van der Waals surface area contributed by atoms with E-state index in [1.807, 2.05) is 0 Å². The summed E-state index contributed by atoms with van der Waals surface area (Å²) >= 11 is 0. The zero-order valence-corrected chi connectivity index (χ0v) is 25.2. The SMILES string of the molecule is COC1COCCC1C[C@@H]1C[C@H]2CN(C(=O)OCc3cccc(C#N)c3)C[C@@]2(C(=O)N2CCc3ncc(C(F)(F)F)cc3C2)C1. The number of hydrogen-bond donors (Lipinski definition) is 0. The number of amides is 2. The van der Waals surface area contributed by atoms with Crippen LogP contribution in [0.15, 0.2) is 36.5 Å². The lowest BCUT2D eigenvalue weighted by Crippen LogP contribution is -2.49. The van der Waals surface area contributed by atoms with Crippen LogP contribution in [0.4, 0.5) is 18.0 Å². The van der Waals surface area contributed by atoms with Crippen molar-refractivity contribution in [2.75, 3.05) is 40.0 Å². The average Bonchev–Trinajstić information content (AvgIpc) is 3.57. The Balaban J connectivity index is 1.21. The van der Waals surface area contributed by atoms with Gasteiger partial charge >= 0.3 is 12.3 Å². The number of carbonyl (C=O) groups excluding carboxylic acids is 2. The number of ether oxygens (including phenoxy) is 3. The number of carbonyl (C=O) groups is 2. The second-order valence-corrected chi connectivity index (χ2v) is 12.8. The summed E-state index contributed by atoms with van der Waals surface area (Å²) in [6.45, 7) is 2.17. The molecule has 2 unspecified atom stereocenters. The topological polar surface area (TPSA) is 105 Å². The summed E-state index contributed by atoms with van der Waals surface area (Å²) in [5.41, 5.74) is 0.460. The molecule has 0 N–H and O–H groups in total. The molecule has 2 amide bonds. The molecule has 12 heteroatoms. The quantitative estimate of drug-likeness (QED) is 0.446. The molecule has 1 saturated carbocycles. The molecule has 3 fully saturated rings. The van der Waals surface area contributed by atoms with E-state index in [2.05, 4.69) is 11.1 Å². The van der Waals surface area contributed by atoms with E-state index in [1.165, 1.54) is 0 Å². The van der Waals surface area contributed by atoms with Gasteiger partial charge in [0.05, 0.1) is 35.3 Å². The van der Waals surface area contributed by atoms with Crippen LogP contribution in [-0.2, 0) is 44.8 Å². The molecule has 9 nitrogen and oxygen atoms in total. The standard InChI is InChI=1S/C33H37F3N4O5/c1-43-29-19-44-8-6-24(29)10-23-11-27-17-40(31(42)45-18-22-4-2-3-21(9-22)14-37)20-32(27,13-23)30(41)39-7-5-28-25(16-39)12-26(15-38-28)33(34,35)36/h2-4,9,12,15,23-24,27,29H,5-8,10-11,13,16-20H2,1H3/t23-,24?,27+,29?,32+/m1/s1. The molecular weight excluding hydrogens is 589 g/mol. The number of aromatic nitrogens is 1. The van der Waals surface area contributed by atoms with E-state index >= 15 is 0 Å². The third kappa shape index (κ3) is 6.38. The van der Waals surface area contributed by atoms with Gasteiger partial charge in [-0.1, -0.05) is 12.1 Å².